The van der Waals surface area contributed by atoms with E-state index in [0.717, 1.165) is 72.9 Å². The molecule has 14 heteroatoms. The van der Waals surface area contributed by atoms with Crippen molar-refractivity contribution in [2.45, 2.75) is 82.8 Å². The molecule has 2 atom stereocenters. The Morgan fingerprint density at radius 3 is 1.57 bits per heavy atom. The number of rotatable bonds is 8. The van der Waals surface area contributed by atoms with Crippen molar-refractivity contribution in [3.8, 4) is 6.26 Å². The van der Waals surface area contributed by atoms with Gasteiger partial charge in [-0.3, -0.25) is 4.79 Å². The fourth-order valence-corrected chi connectivity index (χ4v) is 9.20. The van der Waals surface area contributed by atoms with Crippen molar-refractivity contribution in [1.82, 2.24) is 0 Å². The van der Waals surface area contributed by atoms with Gasteiger partial charge in [0.05, 0.1) is 19.6 Å². The molecule has 0 unspecified atom stereocenters. The fourth-order valence-electron chi connectivity index (χ4n) is 6.52. The topological polar surface area (TPSA) is 184 Å². The number of sulfone groups is 2. The number of carbonyl (C=O) groups excluding carboxylic acids is 1. The van der Waals surface area contributed by atoms with E-state index in [0.29, 0.717) is 31.6 Å². The normalized spacial score (nSPS) is 16.3. The van der Waals surface area contributed by atoms with Crippen molar-refractivity contribution >= 4 is 25.6 Å². The average Bonchev–Trinajstić information content (AvgIpc) is 3.10. The van der Waals surface area contributed by atoms with Gasteiger partial charge in [0, 0.05) is 12.7 Å². The number of nitrogens with two attached hydrogens (primary N) is 2. The zero-order chi connectivity index (χ0) is 36.5. The maximum absolute atomic E-state index is 13.4. The minimum absolute atomic E-state index is 0. The summed E-state index contributed by atoms with van der Waals surface area (Å²) in [5.74, 6) is -0.929. The van der Waals surface area contributed by atoms with Crippen molar-refractivity contribution < 1.29 is 86.9 Å². The second-order valence-corrected chi connectivity index (χ2v) is 16.1. The van der Waals surface area contributed by atoms with Crippen molar-refractivity contribution in [2.24, 2.45) is 11.5 Å². The van der Waals surface area contributed by atoms with Gasteiger partial charge >= 0.3 is 51.4 Å². The van der Waals surface area contributed by atoms with Crippen LogP contribution < -0.4 is 68.0 Å². The van der Waals surface area contributed by atoms with Crippen LogP contribution in [0.25, 0.3) is 0 Å². The van der Waals surface area contributed by atoms with Crippen LogP contribution in [-0.4, -0.2) is 29.3 Å². The predicted octanol–water partition coefficient (Wildman–Crippen LogP) is 2.21. The van der Waals surface area contributed by atoms with E-state index in [1.165, 1.54) is 36.4 Å². The van der Waals surface area contributed by atoms with Gasteiger partial charge in [0.2, 0.25) is 25.6 Å². The van der Waals surface area contributed by atoms with Crippen molar-refractivity contribution in [2.75, 3.05) is 6.54 Å². The van der Waals surface area contributed by atoms with E-state index in [-0.39, 0.29) is 82.8 Å². The van der Waals surface area contributed by atoms with Gasteiger partial charge in [-0.25, -0.2) is 30.9 Å². The number of amides is 1. The molecule has 6 rings (SSSR count). The number of nitrogens with zero attached hydrogens (tertiary/aromatic N) is 1. The molecule has 0 radical (unpaired) electrons. The maximum atomic E-state index is 13.4. The SMILES string of the molecule is N#C[O-].NC(=O)CC[C@@H]1CCCc2cc(S(=O)(=O)c3cccc(F)c3)ccc21.NC[C@@H]1CCCc2cc(S(=O)(=O)c3cccc(F)c3)ccc21.[K+]. The standard InChI is InChI=1S/C19H20FNO3S.C17H18FNO2S.CHNO.K/c20-15-5-2-6-16(12-15)25(23,24)17-8-9-18-13(7-10-19(21)22)3-1-4-14(18)11-17;18-14-5-2-6-15(10-14)22(20,21)16-7-8-17-12(9-16)3-1-4-13(17)11-19;2-1-3;/h2,5-6,8-9,11-13H,1,3-4,7,10H2,(H2,21,22);2,5-10,13H,1,3-4,11,19H2;3H;/q;;;+1/p-1/t2*13-;;/m00../s1. The van der Waals surface area contributed by atoms with Crippen molar-refractivity contribution in [3.05, 3.63) is 119 Å². The van der Waals surface area contributed by atoms with Gasteiger partial charge in [-0.1, -0.05) is 24.3 Å². The van der Waals surface area contributed by atoms with E-state index in [1.807, 2.05) is 12.1 Å². The number of halogens is 2. The van der Waals surface area contributed by atoms with Crippen LogP contribution in [0.1, 0.15) is 72.6 Å². The Hall–Kier alpha value is -3.00. The molecule has 0 fully saturated rings. The number of hydrogen-bond donors (Lipinski definition) is 2. The molecule has 1 amide bonds. The molecule has 0 aliphatic heterocycles. The first kappa shape index (κ1) is 42.4. The van der Waals surface area contributed by atoms with E-state index in [2.05, 4.69) is 0 Å². The van der Waals surface area contributed by atoms with Gasteiger partial charge in [0.25, 0.3) is 0 Å². The summed E-state index contributed by atoms with van der Waals surface area (Å²) in [4.78, 5) is 11.4. The van der Waals surface area contributed by atoms with Crippen LogP contribution >= 0.6 is 0 Å². The third kappa shape index (κ3) is 10.8. The number of benzene rings is 4. The zero-order valence-electron chi connectivity index (χ0n) is 28.2. The van der Waals surface area contributed by atoms with Gasteiger partial charge in [-0.05, 0) is 146 Å². The molecule has 4 aromatic rings. The van der Waals surface area contributed by atoms with E-state index < -0.39 is 31.3 Å². The smallest absolute Gasteiger partial charge is 0.812 e. The molecular formula is C37H38F2KN3O6S2. The Labute approximate surface area is 340 Å². The summed E-state index contributed by atoms with van der Waals surface area (Å²) in [5.41, 5.74) is 15.3. The third-order valence-electron chi connectivity index (χ3n) is 8.96. The van der Waals surface area contributed by atoms with Gasteiger partial charge in [-0.2, -0.15) is 0 Å². The first-order chi connectivity index (χ1) is 23.8. The Bertz CT molecular complexity index is 2110. The molecule has 2 aliphatic carbocycles. The van der Waals surface area contributed by atoms with Crippen LogP contribution in [0.2, 0.25) is 0 Å². The van der Waals surface area contributed by atoms with Crippen LogP contribution in [-0.2, 0) is 37.3 Å². The van der Waals surface area contributed by atoms with E-state index in [9.17, 15) is 30.4 Å². The molecule has 51 heavy (non-hydrogen) atoms. The second-order valence-electron chi connectivity index (χ2n) is 12.2. The Balaban J connectivity index is 0.000000253. The molecule has 2 aliphatic rings. The summed E-state index contributed by atoms with van der Waals surface area (Å²) in [7, 11) is -7.44. The van der Waals surface area contributed by atoms with Gasteiger partial charge < -0.3 is 16.6 Å². The Morgan fingerprint density at radius 1 is 0.745 bits per heavy atom. The maximum Gasteiger partial charge on any atom is 1.00 e. The second kappa shape index (κ2) is 19.2. The molecule has 0 heterocycles. The number of aryl methyl sites for hydroxylation is 2. The van der Waals surface area contributed by atoms with Crippen LogP contribution in [0, 0.1) is 23.2 Å². The Morgan fingerprint density at radius 2 is 1.16 bits per heavy atom. The zero-order valence-corrected chi connectivity index (χ0v) is 33.0. The largest absolute Gasteiger partial charge is 1.00 e. The third-order valence-corrected chi connectivity index (χ3v) is 12.5. The van der Waals surface area contributed by atoms with E-state index >= 15 is 0 Å². The number of primary amides is 1. The number of nitriles is 1. The van der Waals surface area contributed by atoms with E-state index in [4.69, 9.17) is 21.8 Å². The monoisotopic (exact) mass is 761 g/mol. The number of fused-ring (bicyclic) bond motifs is 2. The van der Waals surface area contributed by atoms with Gasteiger partial charge in [0.1, 0.15) is 11.6 Å². The molecule has 9 nitrogen and oxygen atoms in total. The molecule has 4 N–H and O–H groups in total. The number of carbonyl (C=O) groups is 1. The minimum Gasteiger partial charge on any atom is -0.812 e. The van der Waals surface area contributed by atoms with Gasteiger partial charge in [0.15, 0.2) is 0 Å². The van der Waals surface area contributed by atoms with E-state index in [1.54, 1.807) is 24.3 Å². The summed E-state index contributed by atoms with van der Waals surface area (Å²) in [5, 5.41) is 15.0. The molecule has 0 aromatic heterocycles. The molecule has 0 saturated carbocycles. The molecular weight excluding hydrogens is 724 g/mol. The fraction of sp³-hybridized carbons (Fsp3) is 0.297. The number of hydrogen-bond acceptors (Lipinski definition) is 8. The molecule has 264 valence electrons. The molecule has 0 saturated heterocycles. The molecule has 0 spiro atoms. The van der Waals surface area contributed by atoms with Crippen LogP contribution in [0.3, 0.4) is 0 Å². The first-order valence-corrected chi connectivity index (χ1v) is 19.0. The van der Waals surface area contributed by atoms with Gasteiger partial charge in [-0.15, -0.1) is 0 Å². The summed E-state index contributed by atoms with van der Waals surface area (Å²) in [6.45, 7) is 0.572. The molecule has 4 aromatic carbocycles. The quantitative estimate of drug-likeness (QED) is 0.202. The predicted molar refractivity (Wildman–Crippen MR) is 181 cm³/mol. The summed E-state index contributed by atoms with van der Waals surface area (Å²) in [6, 6.07) is 20.4. The summed E-state index contributed by atoms with van der Waals surface area (Å²) in [6.07, 6.45) is 7.13. The first-order valence-electron chi connectivity index (χ1n) is 16.1. The van der Waals surface area contributed by atoms with Crippen molar-refractivity contribution in [3.63, 3.8) is 0 Å². The summed E-state index contributed by atoms with van der Waals surface area (Å²) < 4.78 is 77.4. The molecule has 0 bridgehead atoms. The summed E-state index contributed by atoms with van der Waals surface area (Å²) >= 11 is 0. The van der Waals surface area contributed by atoms with Crippen LogP contribution in [0.15, 0.2) is 105 Å². The van der Waals surface area contributed by atoms with Crippen LogP contribution in [0.5, 0.6) is 0 Å². The average molecular weight is 762 g/mol. The van der Waals surface area contributed by atoms with Crippen molar-refractivity contribution in [1.29, 1.82) is 5.26 Å². The Kier molecular flexibility index (Phi) is 16.0. The van der Waals surface area contributed by atoms with Crippen LogP contribution in [0.4, 0.5) is 8.78 Å². The minimum atomic E-state index is -3.75.